The number of piperazine rings is 1. The van der Waals surface area contributed by atoms with Gasteiger partial charge in [0.25, 0.3) is 0 Å². The summed E-state index contributed by atoms with van der Waals surface area (Å²) in [5, 5.41) is 2.91. The highest BCUT2D eigenvalue weighted by Crippen LogP contribution is 2.47. The Bertz CT molecular complexity index is 1000. The van der Waals surface area contributed by atoms with Gasteiger partial charge in [-0.1, -0.05) is 30.3 Å². The highest BCUT2D eigenvalue weighted by Gasteiger charge is 2.52. The van der Waals surface area contributed by atoms with Crippen molar-refractivity contribution in [3.05, 3.63) is 59.9 Å². The van der Waals surface area contributed by atoms with Gasteiger partial charge in [-0.05, 0) is 30.7 Å². The molecule has 5 rings (SSSR count). The van der Waals surface area contributed by atoms with Gasteiger partial charge in [-0.15, -0.1) is 0 Å². The predicted molar refractivity (Wildman–Crippen MR) is 110 cm³/mol. The molecule has 0 radical (unpaired) electrons. The van der Waals surface area contributed by atoms with Gasteiger partial charge in [0.15, 0.2) is 5.72 Å². The van der Waals surface area contributed by atoms with Crippen LogP contribution in [0.1, 0.15) is 24.8 Å². The van der Waals surface area contributed by atoms with Crippen LogP contribution < -0.4 is 15.0 Å². The van der Waals surface area contributed by atoms with Crippen LogP contribution in [-0.4, -0.2) is 48.6 Å². The van der Waals surface area contributed by atoms with Crippen molar-refractivity contribution in [1.82, 2.24) is 10.2 Å². The molecule has 2 aromatic rings. The number of rotatable bonds is 2. The molecule has 2 saturated heterocycles. The van der Waals surface area contributed by atoms with Crippen LogP contribution >= 0.6 is 0 Å². The van der Waals surface area contributed by atoms with E-state index >= 15 is 0 Å². The molecule has 3 aliphatic heterocycles. The summed E-state index contributed by atoms with van der Waals surface area (Å²) in [5.74, 6) is -0.983. The van der Waals surface area contributed by atoms with Gasteiger partial charge in [0, 0.05) is 38.5 Å². The third-order valence-corrected chi connectivity index (χ3v) is 6.39. The first-order chi connectivity index (χ1) is 14.5. The van der Waals surface area contributed by atoms with E-state index in [-0.39, 0.29) is 23.5 Å². The Balaban J connectivity index is 1.36. The topological polar surface area (TPSA) is 61.9 Å². The molecule has 0 aliphatic carbocycles. The average molecular weight is 409 g/mol. The number of hydrogen-bond acceptors (Lipinski definition) is 4. The summed E-state index contributed by atoms with van der Waals surface area (Å²) in [7, 11) is 0. The fraction of sp³-hybridized carbons (Fsp3) is 0.391. The number of carbonyl (C=O) groups excluding carboxylic acids is 2. The average Bonchev–Trinajstić information content (AvgIpc) is 2.73. The minimum Gasteiger partial charge on any atom is -0.468 e. The molecule has 2 amide bonds. The fourth-order valence-electron chi connectivity index (χ4n) is 4.95. The first-order valence-corrected chi connectivity index (χ1v) is 10.3. The van der Waals surface area contributed by atoms with Crippen molar-refractivity contribution in [2.45, 2.75) is 25.0 Å². The number of para-hydroxylation sites is 2. The molecule has 2 bridgehead atoms. The van der Waals surface area contributed by atoms with Crippen molar-refractivity contribution < 1.29 is 18.7 Å². The summed E-state index contributed by atoms with van der Waals surface area (Å²) in [6.07, 6.45) is 0.557. The van der Waals surface area contributed by atoms with E-state index in [9.17, 15) is 14.0 Å². The third-order valence-electron chi connectivity index (χ3n) is 6.39. The highest BCUT2D eigenvalue weighted by molar-refractivity contribution is 6.02. The Kier molecular flexibility index (Phi) is 4.41. The zero-order valence-electron chi connectivity index (χ0n) is 16.8. The first kappa shape index (κ1) is 18.9. The lowest BCUT2D eigenvalue weighted by Gasteiger charge is -2.48. The summed E-state index contributed by atoms with van der Waals surface area (Å²) in [4.78, 5) is 30.0. The Morgan fingerprint density at radius 3 is 2.57 bits per heavy atom. The van der Waals surface area contributed by atoms with Crippen LogP contribution in [0.5, 0.6) is 5.75 Å². The number of benzene rings is 2. The molecular weight excluding hydrogens is 385 g/mol. The van der Waals surface area contributed by atoms with Crippen molar-refractivity contribution >= 4 is 17.5 Å². The van der Waals surface area contributed by atoms with Crippen LogP contribution in [0.2, 0.25) is 0 Å². The van der Waals surface area contributed by atoms with E-state index in [0.29, 0.717) is 38.3 Å². The molecule has 7 heteroatoms. The summed E-state index contributed by atoms with van der Waals surface area (Å²) in [6, 6.07) is 14.3. The monoisotopic (exact) mass is 409 g/mol. The molecule has 6 nitrogen and oxygen atoms in total. The molecule has 156 valence electrons. The maximum atomic E-state index is 14.1. The lowest BCUT2D eigenvalue weighted by molar-refractivity contribution is -0.152. The predicted octanol–water partition coefficient (Wildman–Crippen LogP) is 2.50. The fourth-order valence-corrected chi connectivity index (χ4v) is 4.95. The molecule has 3 unspecified atom stereocenters. The number of anilines is 1. The number of fused-ring (bicyclic) bond motifs is 4. The zero-order valence-corrected chi connectivity index (χ0v) is 16.8. The smallest absolute Gasteiger partial charge is 0.236 e. The van der Waals surface area contributed by atoms with Gasteiger partial charge in [0.05, 0.1) is 5.69 Å². The van der Waals surface area contributed by atoms with Gasteiger partial charge >= 0.3 is 0 Å². The van der Waals surface area contributed by atoms with Crippen molar-refractivity contribution in [2.24, 2.45) is 5.92 Å². The number of halogens is 1. The SMILES string of the molecule is CC12CC(c3ccccc3O1)C(C(=O)N1CCN(c3ccccc3F)CC1)C(=O)N2. The molecule has 1 N–H and O–H groups in total. The molecule has 3 heterocycles. The first-order valence-electron chi connectivity index (χ1n) is 10.3. The molecule has 3 aliphatic rings. The van der Waals surface area contributed by atoms with E-state index in [4.69, 9.17) is 4.74 Å². The number of ether oxygens (including phenoxy) is 1. The Morgan fingerprint density at radius 1 is 1.10 bits per heavy atom. The van der Waals surface area contributed by atoms with Crippen LogP contribution in [-0.2, 0) is 9.59 Å². The van der Waals surface area contributed by atoms with Crippen molar-refractivity contribution in [2.75, 3.05) is 31.1 Å². The van der Waals surface area contributed by atoms with Gasteiger partial charge in [0.2, 0.25) is 11.8 Å². The van der Waals surface area contributed by atoms with Gasteiger partial charge < -0.3 is 19.9 Å². The van der Waals surface area contributed by atoms with Crippen LogP contribution in [0.15, 0.2) is 48.5 Å². The van der Waals surface area contributed by atoms with E-state index in [0.717, 1.165) is 11.3 Å². The molecule has 0 saturated carbocycles. The zero-order chi connectivity index (χ0) is 20.9. The molecule has 2 fully saturated rings. The second-order valence-electron chi connectivity index (χ2n) is 8.41. The van der Waals surface area contributed by atoms with Crippen LogP contribution in [0.4, 0.5) is 10.1 Å². The lowest BCUT2D eigenvalue weighted by atomic mass is 9.74. The van der Waals surface area contributed by atoms with Gasteiger partial charge in [-0.2, -0.15) is 0 Å². The molecule has 2 aromatic carbocycles. The van der Waals surface area contributed by atoms with E-state index in [1.165, 1.54) is 6.07 Å². The second-order valence-corrected chi connectivity index (χ2v) is 8.41. The molecule has 0 spiro atoms. The minimum atomic E-state index is -0.795. The van der Waals surface area contributed by atoms with E-state index in [2.05, 4.69) is 5.32 Å². The number of hydrogen-bond donors (Lipinski definition) is 1. The normalized spacial score (nSPS) is 27.7. The van der Waals surface area contributed by atoms with Crippen LogP contribution in [0.25, 0.3) is 0 Å². The van der Waals surface area contributed by atoms with Crippen molar-refractivity contribution in [3.8, 4) is 5.75 Å². The summed E-state index contributed by atoms with van der Waals surface area (Å²) in [6.45, 7) is 3.83. The second kappa shape index (κ2) is 7.00. The van der Waals surface area contributed by atoms with Crippen LogP contribution in [0.3, 0.4) is 0 Å². The summed E-state index contributed by atoms with van der Waals surface area (Å²) >= 11 is 0. The van der Waals surface area contributed by atoms with E-state index < -0.39 is 11.6 Å². The van der Waals surface area contributed by atoms with Gasteiger partial charge in [-0.25, -0.2) is 4.39 Å². The van der Waals surface area contributed by atoms with Crippen molar-refractivity contribution in [1.29, 1.82) is 0 Å². The summed E-state index contributed by atoms with van der Waals surface area (Å²) in [5.41, 5.74) is 0.665. The lowest BCUT2D eigenvalue weighted by Crippen LogP contribution is -2.64. The number of carbonyl (C=O) groups is 2. The Hall–Kier alpha value is -3.09. The van der Waals surface area contributed by atoms with Gasteiger partial charge in [-0.3, -0.25) is 9.59 Å². The number of amides is 2. The maximum absolute atomic E-state index is 14.1. The number of piperidine rings is 1. The molecule has 0 aromatic heterocycles. The highest BCUT2D eigenvalue weighted by atomic mass is 19.1. The Labute approximate surface area is 174 Å². The summed E-state index contributed by atoms with van der Waals surface area (Å²) < 4.78 is 20.1. The molecule has 3 atom stereocenters. The van der Waals surface area contributed by atoms with Gasteiger partial charge in [0.1, 0.15) is 17.5 Å². The Morgan fingerprint density at radius 2 is 1.80 bits per heavy atom. The minimum absolute atomic E-state index is 0.163. The standard InChI is InChI=1S/C23H24FN3O3/c1-23-14-16(15-6-2-5-9-19(15)30-23)20(21(28)25-23)22(29)27-12-10-26(11-13-27)18-8-4-3-7-17(18)24/h2-9,16,20H,10-14H2,1H3,(H,25,28). The largest absolute Gasteiger partial charge is 0.468 e. The van der Waals surface area contributed by atoms with E-state index in [1.54, 1.807) is 17.0 Å². The van der Waals surface area contributed by atoms with Crippen molar-refractivity contribution in [3.63, 3.8) is 0 Å². The quantitative estimate of drug-likeness (QED) is 0.775. The third kappa shape index (κ3) is 3.09. The van der Waals surface area contributed by atoms with E-state index in [1.807, 2.05) is 42.2 Å². The van der Waals surface area contributed by atoms with Crippen LogP contribution in [0, 0.1) is 11.7 Å². The molecule has 30 heavy (non-hydrogen) atoms. The number of nitrogens with one attached hydrogen (secondary N) is 1. The molecular formula is C23H24FN3O3. The maximum Gasteiger partial charge on any atom is 0.236 e. The number of nitrogens with zero attached hydrogens (tertiary/aromatic N) is 2.